The first kappa shape index (κ1) is 22.5. The first-order chi connectivity index (χ1) is 14.2. The van der Waals surface area contributed by atoms with Gasteiger partial charge in [0.15, 0.2) is 0 Å². The minimum absolute atomic E-state index is 0.440. The summed E-state index contributed by atoms with van der Waals surface area (Å²) in [5, 5.41) is 20.4. The van der Waals surface area contributed by atoms with Gasteiger partial charge in [-0.05, 0) is 112 Å². The number of rotatable bonds is 5. The molecule has 0 heterocycles. The van der Waals surface area contributed by atoms with Gasteiger partial charge in [0.05, 0.1) is 12.2 Å². The van der Waals surface area contributed by atoms with Gasteiger partial charge in [0, 0.05) is 13.7 Å². The number of nitrogens with zero attached hydrogens (tertiary/aromatic N) is 1. The number of fused-ring (bicyclic) bond motifs is 5. The Bertz CT molecular complexity index is 642. The van der Waals surface area contributed by atoms with E-state index < -0.39 is 5.60 Å². The first-order valence-electron chi connectivity index (χ1n) is 12.5. The SMILES string of the molecule is COC[C@@]1(O)CC[C@H]2C(CC[C@@H]3C2CC[C@@]2(C)C3CCC2[C@@H](C)CN(N)C(C)=N)C1. The highest BCUT2D eigenvalue weighted by Gasteiger charge is 2.58. The maximum absolute atomic E-state index is 10.9. The van der Waals surface area contributed by atoms with E-state index in [1.54, 1.807) is 19.0 Å². The number of aliphatic hydroxyl groups is 1. The third kappa shape index (κ3) is 3.84. The third-order valence-electron chi connectivity index (χ3n) is 10.2. The van der Waals surface area contributed by atoms with Crippen LogP contribution >= 0.6 is 0 Å². The Kier molecular flexibility index (Phi) is 6.29. The number of hydrazine groups is 1. The lowest BCUT2D eigenvalue weighted by Gasteiger charge is -2.57. The quantitative estimate of drug-likeness (QED) is 0.266. The molecule has 0 saturated heterocycles. The zero-order chi connectivity index (χ0) is 21.7. The van der Waals surface area contributed by atoms with Crippen molar-refractivity contribution in [2.75, 3.05) is 20.3 Å². The predicted octanol–water partition coefficient (Wildman–Crippen LogP) is 4.44. The fourth-order valence-corrected chi connectivity index (χ4v) is 8.91. The Morgan fingerprint density at radius 1 is 1.13 bits per heavy atom. The van der Waals surface area contributed by atoms with Gasteiger partial charge in [-0.25, -0.2) is 5.84 Å². The molecule has 4 rings (SSSR count). The number of ether oxygens (including phenoxy) is 1. The summed E-state index contributed by atoms with van der Waals surface area (Å²) in [6.45, 7) is 8.04. The number of hydrogen-bond acceptors (Lipinski definition) is 4. The van der Waals surface area contributed by atoms with Crippen LogP contribution in [0.4, 0.5) is 0 Å². The molecule has 0 aromatic rings. The molecule has 172 valence electrons. The highest BCUT2D eigenvalue weighted by molar-refractivity contribution is 5.75. The van der Waals surface area contributed by atoms with Crippen molar-refractivity contribution >= 4 is 5.84 Å². The second kappa shape index (κ2) is 8.37. The Morgan fingerprint density at radius 2 is 1.87 bits per heavy atom. The smallest absolute Gasteiger partial charge is 0.107 e. The maximum atomic E-state index is 10.9. The molecular weight excluding hydrogens is 374 g/mol. The summed E-state index contributed by atoms with van der Waals surface area (Å²) in [5.41, 5.74) is -0.142. The van der Waals surface area contributed by atoms with Crippen LogP contribution in [0.5, 0.6) is 0 Å². The molecule has 4 aliphatic rings. The van der Waals surface area contributed by atoms with E-state index in [0.717, 1.165) is 49.0 Å². The molecule has 4 aliphatic carbocycles. The van der Waals surface area contributed by atoms with E-state index in [9.17, 15) is 5.11 Å². The summed E-state index contributed by atoms with van der Waals surface area (Å²) in [6, 6.07) is 0. The number of nitrogens with two attached hydrogens (primary N) is 1. The summed E-state index contributed by atoms with van der Waals surface area (Å²) in [6.07, 6.45) is 11.2. The van der Waals surface area contributed by atoms with Crippen molar-refractivity contribution in [1.29, 1.82) is 5.41 Å². The van der Waals surface area contributed by atoms with E-state index in [2.05, 4.69) is 13.8 Å². The molecule has 0 bridgehead atoms. The van der Waals surface area contributed by atoms with Gasteiger partial charge in [0.1, 0.15) is 5.84 Å². The Labute approximate surface area is 183 Å². The average Bonchev–Trinajstić information content (AvgIpc) is 3.04. The molecule has 0 aromatic heterocycles. The lowest BCUT2D eigenvalue weighted by Crippen LogP contribution is -2.52. The van der Waals surface area contributed by atoms with E-state index in [-0.39, 0.29) is 0 Å². The first-order valence-corrected chi connectivity index (χ1v) is 12.5. The van der Waals surface area contributed by atoms with E-state index in [4.69, 9.17) is 16.0 Å². The highest BCUT2D eigenvalue weighted by Crippen LogP contribution is 2.65. The second-order valence-electron chi connectivity index (χ2n) is 11.8. The number of methoxy groups -OCH3 is 1. The van der Waals surface area contributed by atoms with E-state index in [0.29, 0.717) is 29.7 Å². The summed E-state index contributed by atoms with van der Waals surface area (Å²) in [7, 11) is 1.72. The van der Waals surface area contributed by atoms with Gasteiger partial charge in [-0.3, -0.25) is 10.4 Å². The molecular formula is C25H45N3O2. The molecule has 4 fully saturated rings. The van der Waals surface area contributed by atoms with Crippen LogP contribution in [0.1, 0.15) is 78.6 Å². The molecule has 0 aliphatic heterocycles. The summed E-state index contributed by atoms with van der Waals surface area (Å²) in [4.78, 5) is 0. The Morgan fingerprint density at radius 3 is 2.57 bits per heavy atom. The van der Waals surface area contributed by atoms with Crippen LogP contribution in [-0.4, -0.2) is 41.8 Å². The van der Waals surface area contributed by atoms with Crippen molar-refractivity contribution in [3.63, 3.8) is 0 Å². The molecule has 5 nitrogen and oxygen atoms in total. The monoisotopic (exact) mass is 419 g/mol. The number of nitrogens with one attached hydrogen (secondary N) is 1. The largest absolute Gasteiger partial charge is 0.387 e. The summed E-state index contributed by atoms with van der Waals surface area (Å²) in [5.74, 6) is 12.0. The van der Waals surface area contributed by atoms with Crippen LogP contribution in [0.15, 0.2) is 0 Å². The van der Waals surface area contributed by atoms with Crippen molar-refractivity contribution in [2.45, 2.75) is 84.2 Å². The lowest BCUT2D eigenvalue weighted by atomic mass is 9.48. The van der Waals surface area contributed by atoms with Crippen molar-refractivity contribution in [2.24, 2.45) is 52.7 Å². The summed E-state index contributed by atoms with van der Waals surface area (Å²) >= 11 is 0. The van der Waals surface area contributed by atoms with Gasteiger partial charge in [0.2, 0.25) is 0 Å². The van der Waals surface area contributed by atoms with E-state index >= 15 is 0 Å². The van der Waals surface area contributed by atoms with Gasteiger partial charge in [0.25, 0.3) is 0 Å². The molecule has 4 N–H and O–H groups in total. The van der Waals surface area contributed by atoms with E-state index in [1.165, 1.54) is 44.9 Å². The standard InChI is InChI=1S/C25H45N3O2/c1-16(14-28(27)17(2)26)22-7-8-23-21-6-5-18-13-25(29,15-30-4)12-10-19(18)20(21)9-11-24(22,23)3/h16,18-23,26,29H,5-15,27H2,1-4H3/t16-,18?,19-,20?,21+,22?,23?,24+,25+/m0/s1. The highest BCUT2D eigenvalue weighted by atomic mass is 16.5. The van der Waals surface area contributed by atoms with Crippen LogP contribution in [0.2, 0.25) is 0 Å². The fraction of sp³-hybridized carbons (Fsp3) is 0.960. The Hall–Kier alpha value is -0.650. The van der Waals surface area contributed by atoms with Crippen LogP contribution in [0.3, 0.4) is 0 Å². The summed E-state index contributed by atoms with van der Waals surface area (Å²) < 4.78 is 5.34. The van der Waals surface area contributed by atoms with Crippen molar-refractivity contribution < 1.29 is 9.84 Å². The van der Waals surface area contributed by atoms with Crippen LogP contribution in [-0.2, 0) is 4.74 Å². The van der Waals surface area contributed by atoms with Gasteiger partial charge < -0.3 is 9.84 Å². The molecule has 4 unspecified atom stereocenters. The zero-order valence-corrected chi connectivity index (χ0v) is 19.7. The second-order valence-corrected chi connectivity index (χ2v) is 11.8. The van der Waals surface area contributed by atoms with Crippen molar-refractivity contribution in [3.8, 4) is 0 Å². The van der Waals surface area contributed by atoms with Crippen LogP contribution in [0, 0.1) is 52.2 Å². The lowest BCUT2D eigenvalue weighted by molar-refractivity contribution is -0.126. The normalized spacial score (nSPS) is 46.5. The number of hydrogen-bond donors (Lipinski definition) is 3. The third-order valence-corrected chi connectivity index (χ3v) is 10.2. The van der Waals surface area contributed by atoms with Crippen LogP contribution < -0.4 is 5.84 Å². The maximum Gasteiger partial charge on any atom is 0.107 e. The van der Waals surface area contributed by atoms with E-state index in [1.807, 2.05) is 0 Å². The van der Waals surface area contributed by atoms with Crippen LogP contribution in [0.25, 0.3) is 0 Å². The van der Waals surface area contributed by atoms with Gasteiger partial charge in [-0.1, -0.05) is 13.8 Å². The van der Waals surface area contributed by atoms with Crippen molar-refractivity contribution in [1.82, 2.24) is 5.01 Å². The molecule has 30 heavy (non-hydrogen) atoms. The molecule has 9 atom stereocenters. The molecule has 0 amide bonds. The molecule has 0 spiro atoms. The average molecular weight is 420 g/mol. The predicted molar refractivity (Wildman–Crippen MR) is 121 cm³/mol. The minimum Gasteiger partial charge on any atom is -0.387 e. The van der Waals surface area contributed by atoms with Gasteiger partial charge in [-0.2, -0.15) is 0 Å². The molecule has 0 aromatic carbocycles. The molecule has 0 radical (unpaired) electrons. The zero-order valence-electron chi connectivity index (χ0n) is 19.7. The minimum atomic E-state index is -0.582. The van der Waals surface area contributed by atoms with Crippen molar-refractivity contribution in [3.05, 3.63) is 0 Å². The van der Waals surface area contributed by atoms with Gasteiger partial charge >= 0.3 is 0 Å². The van der Waals surface area contributed by atoms with Gasteiger partial charge in [-0.15, -0.1) is 0 Å². The number of amidine groups is 1. The topological polar surface area (TPSA) is 82.6 Å². The Balaban J connectivity index is 1.45. The molecule has 4 saturated carbocycles. The molecule has 5 heteroatoms. The fourth-order valence-electron chi connectivity index (χ4n) is 8.91.